The van der Waals surface area contributed by atoms with Crippen LogP contribution in [0.1, 0.15) is 45.0 Å². The summed E-state index contributed by atoms with van der Waals surface area (Å²) in [7, 11) is -3.81. The summed E-state index contributed by atoms with van der Waals surface area (Å²) in [5, 5.41) is 2.79. The number of carbonyl (C=O) groups is 2. The maximum absolute atomic E-state index is 12.8. The van der Waals surface area contributed by atoms with Gasteiger partial charge in [0.15, 0.2) is 0 Å². The highest BCUT2D eigenvalue weighted by Crippen LogP contribution is 2.26. The summed E-state index contributed by atoms with van der Waals surface area (Å²) in [6.07, 6.45) is 0. The van der Waals surface area contributed by atoms with Crippen LogP contribution in [0.15, 0.2) is 23.1 Å². The Kier molecular flexibility index (Phi) is 8.71. The first kappa shape index (κ1) is 23.4. The lowest BCUT2D eigenvalue weighted by molar-refractivity contribution is -0.122. The Bertz CT molecular complexity index is 777. The lowest BCUT2D eigenvalue weighted by Crippen LogP contribution is -2.42. The lowest BCUT2D eigenvalue weighted by Gasteiger charge is -2.23. The number of halogens is 1. The SMILES string of the molecule is CCN(CC(=O)NC(C)C)C(=O)c1ccc(Cl)c(S(=O)(=O)N(CC)CC)c1. The van der Waals surface area contributed by atoms with Gasteiger partial charge in [-0.3, -0.25) is 9.59 Å². The van der Waals surface area contributed by atoms with Crippen molar-refractivity contribution < 1.29 is 18.0 Å². The fraction of sp³-hybridized carbons (Fsp3) is 0.556. The van der Waals surface area contributed by atoms with Crippen LogP contribution in [-0.4, -0.2) is 61.7 Å². The van der Waals surface area contributed by atoms with Crippen molar-refractivity contribution in [3.8, 4) is 0 Å². The zero-order valence-electron chi connectivity index (χ0n) is 16.5. The minimum Gasteiger partial charge on any atom is -0.352 e. The van der Waals surface area contributed by atoms with Gasteiger partial charge in [-0.05, 0) is 39.0 Å². The first-order chi connectivity index (χ1) is 12.6. The third-order valence-corrected chi connectivity index (χ3v) is 6.49. The molecule has 0 atom stereocenters. The Balaban J connectivity index is 3.20. The molecule has 0 saturated carbocycles. The first-order valence-electron chi connectivity index (χ1n) is 8.96. The molecule has 0 saturated heterocycles. The molecule has 9 heteroatoms. The van der Waals surface area contributed by atoms with Crippen molar-refractivity contribution in [3.05, 3.63) is 28.8 Å². The number of benzene rings is 1. The molecule has 0 aliphatic heterocycles. The zero-order valence-corrected chi connectivity index (χ0v) is 18.0. The number of rotatable bonds is 9. The van der Waals surface area contributed by atoms with Gasteiger partial charge in [-0.2, -0.15) is 4.31 Å². The third-order valence-electron chi connectivity index (χ3n) is 3.95. The van der Waals surface area contributed by atoms with Crippen LogP contribution < -0.4 is 5.32 Å². The average molecular weight is 418 g/mol. The highest BCUT2D eigenvalue weighted by Gasteiger charge is 2.26. The number of hydrogen-bond acceptors (Lipinski definition) is 4. The second kappa shape index (κ2) is 10.1. The predicted molar refractivity (Wildman–Crippen MR) is 106 cm³/mol. The molecule has 152 valence electrons. The number of sulfonamides is 1. The molecule has 0 aliphatic rings. The maximum atomic E-state index is 12.8. The predicted octanol–water partition coefficient (Wildman–Crippen LogP) is 2.36. The van der Waals surface area contributed by atoms with E-state index in [2.05, 4.69) is 5.32 Å². The highest BCUT2D eigenvalue weighted by molar-refractivity contribution is 7.89. The number of nitrogens with zero attached hydrogens (tertiary/aromatic N) is 2. The van der Waals surface area contributed by atoms with Gasteiger partial charge in [0, 0.05) is 31.2 Å². The van der Waals surface area contributed by atoms with E-state index in [1.54, 1.807) is 20.8 Å². The second-order valence-electron chi connectivity index (χ2n) is 6.28. The largest absolute Gasteiger partial charge is 0.352 e. The van der Waals surface area contributed by atoms with Crippen molar-refractivity contribution in [2.75, 3.05) is 26.2 Å². The number of likely N-dealkylation sites (N-methyl/N-ethyl adjacent to an activating group) is 1. The molecule has 27 heavy (non-hydrogen) atoms. The van der Waals surface area contributed by atoms with E-state index in [1.165, 1.54) is 27.4 Å². The van der Waals surface area contributed by atoms with Crippen LogP contribution in [0.2, 0.25) is 5.02 Å². The molecular formula is C18H28ClN3O4S. The highest BCUT2D eigenvalue weighted by atomic mass is 35.5. The Hall–Kier alpha value is -1.64. The number of hydrogen-bond donors (Lipinski definition) is 1. The van der Waals surface area contributed by atoms with Crippen LogP contribution in [0.25, 0.3) is 0 Å². The fourth-order valence-corrected chi connectivity index (χ4v) is 4.55. The standard InChI is InChI=1S/C18H28ClN3O4S/c1-6-21(12-17(23)20-13(4)5)18(24)14-9-10-15(19)16(11-14)27(25,26)22(7-2)8-3/h9-11,13H,6-8,12H2,1-5H3,(H,20,23). The van der Waals surface area contributed by atoms with E-state index < -0.39 is 15.9 Å². The monoisotopic (exact) mass is 417 g/mol. The lowest BCUT2D eigenvalue weighted by atomic mass is 10.2. The second-order valence-corrected chi connectivity index (χ2v) is 8.59. The van der Waals surface area contributed by atoms with E-state index in [0.717, 1.165) is 0 Å². The van der Waals surface area contributed by atoms with Gasteiger partial charge in [0.25, 0.3) is 5.91 Å². The van der Waals surface area contributed by atoms with Crippen molar-refractivity contribution in [1.29, 1.82) is 0 Å². The van der Waals surface area contributed by atoms with Crippen LogP contribution >= 0.6 is 11.6 Å². The number of carbonyl (C=O) groups excluding carboxylic acids is 2. The van der Waals surface area contributed by atoms with Crippen LogP contribution in [0.3, 0.4) is 0 Å². The number of nitrogens with one attached hydrogen (secondary N) is 1. The topological polar surface area (TPSA) is 86.8 Å². The van der Waals surface area contributed by atoms with Gasteiger partial charge in [-0.1, -0.05) is 25.4 Å². The smallest absolute Gasteiger partial charge is 0.254 e. The molecule has 0 spiro atoms. The molecule has 2 amide bonds. The van der Waals surface area contributed by atoms with Gasteiger partial charge in [0.05, 0.1) is 11.6 Å². The summed E-state index contributed by atoms with van der Waals surface area (Å²) in [6, 6.07) is 4.11. The summed E-state index contributed by atoms with van der Waals surface area (Å²) in [5.74, 6) is -0.700. The molecule has 0 aliphatic carbocycles. The van der Waals surface area contributed by atoms with E-state index in [0.29, 0.717) is 19.6 Å². The van der Waals surface area contributed by atoms with Crippen molar-refractivity contribution in [1.82, 2.24) is 14.5 Å². The average Bonchev–Trinajstić information content (AvgIpc) is 2.59. The van der Waals surface area contributed by atoms with Crippen LogP contribution in [-0.2, 0) is 14.8 Å². The van der Waals surface area contributed by atoms with E-state index in [4.69, 9.17) is 11.6 Å². The maximum Gasteiger partial charge on any atom is 0.254 e. The Morgan fingerprint density at radius 1 is 1.11 bits per heavy atom. The summed E-state index contributed by atoms with van der Waals surface area (Å²) < 4.78 is 26.8. The van der Waals surface area contributed by atoms with Gasteiger partial charge in [-0.25, -0.2) is 8.42 Å². The molecule has 7 nitrogen and oxygen atoms in total. The van der Waals surface area contributed by atoms with E-state index in [-0.39, 0.29) is 34.0 Å². The van der Waals surface area contributed by atoms with E-state index >= 15 is 0 Å². The van der Waals surface area contributed by atoms with Crippen molar-refractivity contribution in [2.45, 2.75) is 45.6 Å². The van der Waals surface area contributed by atoms with Crippen molar-refractivity contribution >= 4 is 33.4 Å². The molecular weight excluding hydrogens is 390 g/mol. The fourth-order valence-electron chi connectivity index (χ4n) is 2.59. The van der Waals surface area contributed by atoms with Crippen LogP contribution in [0.4, 0.5) is 0 Å². The molecule has 0 heterocycles. The summed E-state index contributed by atoms with van der Waals surface area (Å²) in [4.78, 5) is 26.0. The van der Waals surface area contributed by atoms with Crippen LogP contribution in [0, 0.1) is 0 Å². The molecule has 1 rings (SSSR count). The Morgan fingerprint density at radius 3 is 2.19 bits per heavy atom. The minimum atomic E-state index is -3.81. The van der Waals surface area contributed by atoms with Crippen LogP contribution in [0.5, 0.6) is 0 Å². The molecule has 0 fully saturated rings. The van der Waals surface area contributed by atoms with E-state index in [9.17, 15) is 18.0 Å². The molecule has 1 aromatic carbocycles. The molecule has 0 radical (unpaired) electrons. The van der Waals surface area contributed by atoms with Gasteiger partial charge >= 0.3 is 0 Å². The van der Waals surface area contributed by atoms with Gasteiger partial charge < -0.3 is 10.2 Å². The minimum absolute atomic E-state index is 0.0346. The molecule has 0 unspecified atom stereocenters. The molecule has 1 N–H and O–H groups in total. The van der Waals surface area contributed by atoms with Gasteiger partial charge in [0.1, 0.15) is 4.90 Å². The normalized spacial score (nSPS) is 11.7. The van der Waals surface area contributed by atoms with E-state index in [1.807, 2.05) is 13.8 Å². The molecule has 0 aromatic heterocycles. The van der Waals surface area contributed by atoms with Crippen molar-refractivity contribution in [3.63, 3.8) is 0 Å². The summed E-state index contributed by atoms with van der Waals surface area (Å²) in [5.41, 5.74) is 0.171. The zero-order chi connectivity index (χ0) is 20.8. The number of amides is 2. The summed E-state index contributed by atoms with van der Waals surface area (Å²) >= 11 is 6.10. The summed E-state index contributed by atoms with van der Waals surface area (Å²) in [6.45, 7) is 9.68. The van der Waals surface area contributed by atoms with Gasteiger partial charge in [-0.15, -0.1) is 0 Å². The Labute approximate surface area is 166 Å². The quantitative estimate of drug-likeness (QED) is 0.668. The third kappa shape index (κ3) is 5.92. The molecule has 0 bridgehead atoms. The van der Waals surface area contributed by atoms with Gasteiger partial charge in [0.2, 0.25) is 15.9 Å². The first-order valence-corrected chi connectivity index (χ1v) is 10.8. The molecule has 1 aromatic rings. The van der Waals surface area contributed by atoms with Crippen molar-refractivity contribution in [2.24, 2.45) is 0 Å². The Morgan fingerprint density at radius 2 is 1.70 bits per heavy atom.